The van der Waals surface area contributed by atoms with E-state index < -0.39 is 10.9 Å². The minimum absolute atomic E-state index is 0.0689. The summed E-state index contributed by atoms with van der Waals surface area (Å²) in [6.45, 7) is 3.46. The first-order chi connectivity index (χ1) is 9.56. The van der Waals surface area contributed by atoms with Gasteiger partial charge in [0.1, 0.15) is 5.69 Å². The molecule has 0 aliphatic heterocycles. The number of ether oxygens (including phenoxy) is 1. The van der Waals surface area contributed by atoms with Crippen LogP contribution < -0.4 is 0 Å². The molecule has 1 aromatic heterocycles. The molecule has 0 amide bonds. The number of carbonyl (C=O) groups is 1. The number of aryl methyl sites for hydroxylation is 1. The Hall–Kier alpha value is -2.77. The van der Waals surface area contributed by atoms with Crippen molar-refractivity contribution in [3.05, 3.63) is 39.6 Å². The zero-order valence-corrected chi connectivity index (χ0v) is 10.9. The first-order valence-corrected chi connectivity index (χ1v) is 5.88. The number of carbonyl (C=O) groups excluding carboxylic acids is 1. The molecule has 0 saturated carbocycles. The standard InChI is InChI=1S/C12H12N4O4/c1-3-20-12(17)10-9(13-15-14-10)8-6-4-5-7(2)11(8)16(18)19/h4-6H,3H2,1-2H3,(H,13,14,15). The second kappa shape index (κ2) is 5.47. The van der Waals surface area contributed by atoms with E-state index in [1.807, 2.05) is 0 Å². The highest BCUT2D eigenvalue weighted by atomic mass is 16.6. The Morgan fingerprint density at radius 2 is 2.20 bits per heavy atom. The summed E-state index contributed by atoms with van der Waals surface area (Å²) < 4.78 is 4.85. The van der Waals surface area contributed by atoms with Crippen LogP contribution in [0.5, 0.6) is 0 Å². The van der Waals surface area contributed by atoms with Crippen LogP contribution in [0, 0.1) is 17.0 Å². The van der Waals surface area contributed by atoms with Crippen LogP contribution in [0.2, 0.25) is 0 Å². The zero-order valence-electron chi connectivity index (χ0n) is 10.9. The number of aromatic nitrogens is 3. The van der Waals surface area contributed by atoms with Crippen LogP contribution in [-0.4, -0.2) is 32.9 Å². The molecular formula is C12H12N4O4. The molecule has 8 heteroatoms. The number of hydrogen-bond donors (Lipinski definition) is 1. The Kier molecular flexibility index (Phi) is 3.74. The highest BCUT2D eigenvalue weighted by Gasteiger charge is 2.26. The number of benzene rings is 1. The van der Waals surface area contributed by atoms with Gasteiger partial charge >= 0.3 is 5.97 Å². The smallest absolute Gasteiger partial charge is 0.361 e. The molecule has 20 heavy (non-hydrogen) atoms. The zero-order chi connectivity index (χ0) is 14.7. The number of H-pyrrole nitrogens is 1. The summed E-state index contributed by atoms with van der Waals surface area (Å²) in [5.41, 5.74) is 0.642. The molecule has 0 bridgehead atoms. The molecule has 1 heterocycles. The van der Waals surface area contributed by atoms with E-state index in [1.54, 1.807) is 26.0 Å². The number of nitro groups is 1. The number of hydrogen-bond acceptors (Lipinski definition) is 6. The van der Waals surface area contributed by atoms with Crippen LogP contribution in [0.3, 0.4) is 0 Å². The Morgan fingerprint density at radius 3 is 2.85 bits per heavy atom. The van der Waals surface area contributed by atoms with Gasteiger partial charge in [0.2, 0.25) is 0 Å². The fourth-order valence-electron chi connectivity index (χ4n) is 1.85. The van der Waals surface area contributed by atoms with Gasteiger partial charge < -0.3 is 4.74 Å². The van der Waals surface area contributed by atoms with Crippen molar-refractivity contribution in [1.82, 2.24) is 15.4 Å². The lowest BCUT2D eigenvalue weighted by molar-refractivity contribution is -0.384. The minimum Gasteiger partial charge on any atom is -0.461 e. The lowest BCUT2D eigenvalue weighted by Crippen LogP contribution is -2.07. The van der Waals surface area contributed by atoms with E-state index >= 15 is 0 Å². The van der Waals surface area contributed by atoms with Gasteiger partial charge in [0.25, 0.3) is 5.69 Å². The lowest BCUT2D eigenvalue weighted by Gasteiger charge is -2.04. The van der Waals surface area contributed by atoms with Crippen LogP contribution in [-0.2, 0) is 4.74 Å². The number of rotatable bonds is 4. The first kappa shape index (κ1) is 13.7. The number of para-hydroxylation sites is 1. The highest BCUT2D eigenvalue weighted by Crippen LogP contribution is 2.32. The van der Waals surface area contributed by atoms with Crippen molar-refractivity contribution >= 4 is 11.7 Å². The van der Waals surface area contributed by atoms with Gasteiger partial charge in [-0.2, -0.15) is 10.3 Å². The molecule has 2 rings (SSSR count). The fraction of sp³-hybridized carbons (Fsp3) is 0.250. The van der Waals surface area contributed by atoms with Gasteiger partial charge in [-0.1, -0.05) is 12.1 Å². The van der Waals surface area contributed by atoms with Crippen molar-refractivity contribution in [3.8, 4) is 11.3 Å². The normalized spacial score (nSPS) is 10.3. The van der Waals surface area contributed by atoms with Crippen LogP contribution in [0.4, 0.5) is 5.69 Å². The van der Waals surface area contributed by atoms with Crippen LogP contribution in [0.1, 0.15) is 23.0 Å². The Bertz CT molecular complexity index is 665. The second-order valence-electron chi connectivity index (χ2n) is 3.97. The maximum absolute atomic E-state index is 11.8. The van der Waals surface area contributed by atoms with E-state index in [4.69, 9.17) is 4.74 Å². The van der Waals surface area contributed by atoms with Crippen molar-refractivity contribution in [3.63, 3.8) is 0 Å². The quantitative estimate of drug-likeness (QED) is 0.518. The second-order valence-corrected chi connectivity index (χ2v) is 3.97. The SMILES string of the molecule is CCOC(=O)c1n[nH]nc1-c1cccc(C)c1[N+](=O)[O-]. The van der Waals surface area contributed by atoms with Crippen molar-refractivity contribution in [2.45, 2.75) is 13.8 Å². The average molecular weight is 276 g/mol. The third kappa shape index (κ3) is 2.35. The molecule has 0 aliphatic carbocycles. The van der Waals surface area contributed by atoms with Crippen LogP contribution in [0.25, 0.3) is 11.3 Å². The van der Waals surface area contributed by atoms with E-state index in [0.29, 0.717) is 5.56 Å². The summed E-state index contributed by atoms with van der Waals surface area (Å²) >= 11 is 0. The Morgan fingerprint density at radius 1 is 1.45 bits per heavy atom. The monoisotopic (exact) mass is 276 g/mol. The molecule has 2 aromatic rings. The topological polar surface area (TPSA) is 111 Å². The molecule has 0 fully saturated rings. The van der Waals surface area contributed by atoms with Gasteiger partial charge in [-0.05, 0) is 19.9 Å². The molecule has 0 aliphatic rings. The molecule has 1 N–H and O–H groups in total. The van der Waals surface area contributed by atoms with E-state index in [2.05, 4.69) is 15.4 Å². The van der Waals surface area contributed by atoms with E-state index in [1.165, 1.54) is 6.07 Å². The molecule has 0 atom stereocenters. The summed E-state index contributed by atoms with van der Waals surface area (Å²) in [6, 6.07) is 4.79. The third-order valence-corrected chi connectivity index (χ3v) is 2.69. The third-order valence-electron chi connectivity index (χ3n) is 2.69. The molecule has 0 saturated heterocycles. The first-order valence-electron chi connectivity index (χ1n) is 5.88. The number of esters is 1. The average Bonchev–Trinajstić information content (AvgIpc) is 2.87. The molecule has 0 radical (unpaired) electrons. The number of nitrogens with one attached hydrogen (secondary N) is 1. The van der Waals surface area contributed by atoms with Gasteiger partial charge in [-0.15, -0.1) is 5.10 Å². The Balaban J connectivity index is 2.59. The molecule has 0 unspecified atom stereocenters. The Labute approximate surface area is 113 Å². The predicted molar refractivity (Wildman–Crippen MR) is 69.2 cm³/mol. The van der Waals surface area contributed by atoms with Gasteiger partial charge in [0, 0.05) is 5.56 Å². The van der Waals surface area contributed by atoms with E-state index in [-0.39, 0.29) is 29.2 Å². The number of nitro benzene ring substituents is 1. The van der Waals surface area contributed by atoms with E-state index in [0.717, 1.165) is 0 Å². The summed E-state index contributed by atoms with van der Waals surface area (Å²) in [5, 5.41) is 21.0. The summed E-state index contributed by atoms with van der Waals surface area (Å²) in [5.74, 6) is -0.674. The summed E-state index contributed by atoms with van der Waals surface area (Å²) in [6.07, 6.45) is 0. The number of nitrogens with zero attached hydrogens (tertiary/aromatic N) is 3. The number of aromatic amines is 1. The largest absolute Gasteiger partial charge is 0.461 e. The lowest BCUT2D eigenvalue weighted by atomic mass is 10.0. The minimum atomic E-state index is -0.674. The van der Waals surface area contributed by atoms with Gasteiger partial charge in [-0.3, -0.25) is 10.1 Å². The van der Waals surface area contributed by atoms with Crippen molar-refractivity contribution in [2.24, 2.45) is 0 Å². The summed E-state index contributed by atoms with van der Waals surface area (Å²) in [7, 11) is 0. The maximum atomic E-state index is 11.8. The molecule has 0 spiro atoms. The molecule has 8 nitrogen and oxygen atoms in total. The fourth-order valence-corrected chi connectivity index (χ4v) is 1.85. The molecular weight excluding hydrogens is 264 g/mol. The van der Waals surface area contributed by atoms with Gasteiger partial charge in [-0.25, -0.2) is 4.79 Å². The van der Waals surface area contributed by atoms with Crippen molar-refractivity contribution in [1.29, 1.82) is 0 Å². The van der Waals surface area contributed by atoms with Crippen molar-refractivity contribution < 1.29 is 14.5 Å². The molecule has 104 valence electrons. The molecule has 1 aromatic carbocycles. The maximum Gasteiger partial charge on any atom is 0.361 e. The van der Waals surface area contributed by atoms with Crippen LogP contribution in [0.15, 0.2) is 18.2 Å². The predicted octanol–water partition coefficient (Wildman–Crippen LogP) is 1.87. The van der Waals surface area contributed by atoms with Gasteiger partial charge in [0.05, 0.1) is 17.1 Å². The highest BCUT2D eigenvalue weighted by molar-refractivity contribution is 5.95. The van der Waals surface area contributed by atoms with Crippen LogP contribution >= 0.6 is 0 Å². The van der Waals surface area contributed by atoms with Crippen molar-refractivity contribution in [2.75, 3.05) is 6.61 Å². The summed E-state index contributed by atoms with van der Waals surface area (Å²) in [4.78, 5) is 22.4. The van der Waals surface area contributed by atoms with Gasteiger partial charge in [0.15, 0.2) is 5.69 Å². The van der Waals surface area contributed by atoms with E-state index in [9.17, 15) is 14.9 Å².